The Morgan fingerprint density at radius 3 is 2.09 bits per heavy atom. The first kappa shape index (κ1) is 28.8. The van der Waals surface area contributed by atoms with E-state index in [1.165, 1.54) is 0 Å². The van der Waals surface area contributed by atoms with Gasteiger partial charge in [-0.05, 0) is 45.4 Å². The first-order valence-corrected chi connectivity index (χ1v) is 11.7. The predicted octanol–water partition coefficient (Wildman–Crippen LogP) is 1.71. The minimum Gasteiger partial charge on any atom is -0.465 e. The Morgan fingerprint density at radius 2 is 1.64 bits per heavy atom. The van der Waals surface area contributed by atoms with Gasteiger partial charge in [-0.15, -0.1) is 0 Å². The van der Waals surface area contributed by atoms with E-state index in [1.807, 2.05) is 52.0 Å². The maximum Gasteiger partial charge on any atom is 0.405 e. The Labute approximate surface area is 203 Å². The number of benzene rings is 1. The molecule has 0 aliphatic heterocycles. The number of hydrogen-bond donors (Lipinski definition) is 4. The summed E-state index contributed by atoms with van der Waals surface area (Å²) in [7, 11) is 0. The highest BCUT2D eigenvalue weighted by Crippen LogP contribution is 2.15. The molecular formula is C22H35BrN4O6. The minimum absolute atomic E-state index is 0.179. The van der Waals surface area contributed by atoms with Gasteiger partial charge in [-0.25, -0.2) is 4.79 Å². The molecule has 5 N–H and O–H groups in total. The predicted molar refractivity (Wildman–Crippen MR) is 128 cm³/mol. The number of nitrogens with zero attached hydrogens (tertiary/aromatic N) is 1. The summed E-state index contributed by atoms with van der Waals surface area (Å²) >= 11 is 3.38. The minimum atomic E-state index is -1.38. The van der Waals surface area contributed by atoms with Gasteiger partial charge in [0, 0.05) is 36.7 Å². The molecule has 1 rings (SSSR count). The average molecular weight is 531 g/mol. The SMILES string of the molecule is CCOC(CN(C(=O)C(Cc1ccc(Br)cc1)NC(=O)C(CN)NC(=O)O)C(C)C)OCC. The van der Waals surface area contributed by atoms with E-state index in [0.717, 1.165) is 10.0 Å². The fraction of sp³-hybridized carbons (Fsp3) is 0.591. The number of hydrogen-bond acceptors (Lipinski definition) is 6. The van der Waals surface area contributed by atoms with Crippen molar-refractivity contribution in [2.24, 2.45) is 5.73 Å². The third-order valence-corrected chi connectivity index (χ3v) is 5.30. The lowest BCUT2D eigenvalue weighted by Gasteiger charge is -2.34. The normalized spacial score (nSPS) is 13.0. The fourth-order valence-electron chi connectivity index (χ4n) is 3.15. The van der Waals surface area contributed by atoms with Gasteiger partial charge in [-0.3, -0.25) is 9.59 Å². The number of nitrogens with one attached hydrogen (secondary N) is 2. The number of carbonyl (C=O) groups excluding carboxylic acids is 2. The van der Waals surface area contributed by atoms with E-state index in [1.54, 1.807) is 4.90 Å². The lowest BCUT2D eigenvalue weighted by Crippen LogP contribution is -2.58. The fourth-order valence-corrected chi connectivity index (χ4v) is 3.41. The van der Waals surface area contributed by atoms with Crippen molar-refractivity contribution in [3.05, 3.63) is 34.3 Å². The zero-order valence-corrected chi connectivity index (χ0v) is 21.1. The van der Waals surface area contributed by atoms with E-state index in [4.69, 9.17) is 20.3 Å². The monoisotopic (exact) mass is 530 g/mol. The molecule has 1 aromatic rings. The molecule has 0 heterocycles. The Morgan fingerprint density at radius 1 is 1.06 bits per heavy atom. The maximum absolute atomic E-state index is 13.6. The molecule has 0 saturated heterocycles. The molecule has 2 unspecified atom stereocenters. The summed E-state index contributed by atoms with van der Waals surface area (Å²) in [6.07, 6.45) is -1.78. The van der Waals surface area contributed by atoms with Crippen molar-refractivity contribution in [3.63, 3.8) is 0 Å². The van der Waals surface area contributed by atoms with Gasteiger partial charge in [0.25, 0.3) is 0 Å². The lowest BCUT2D eigenvalue weighted by molar-refractivity contribution is -0.163. The summed E-state index contributed by atoms with van der Waals surface area (Å²) in [4.78, 5) is 38.9. The van der Waals surface area contributed by atoms with E-state index in [2.05, 4.69) is 26.6 Å². The second-order valence-electron chi connectivity index (χ2n) is 7.55. The molecular weight excluding hydrogens is 496 g/mol. The number of halogens is 1. The molecule has 0 bridgehead atoms. The van der Waals surface area contributed by atoms with Gasteiger partial charge in [0.15, 0.2) is 6.29 Å². The highest BCUT2D eigenvalue weighted by molar-refractivity contribution is 9.10. The molecule has 10 nitrogen and oxygen atoms in total. The molecule has 0 fully saturated rings. The largest absolute Gasteiger partial charge is 0.465 e. The third-order valence-electron chi connectivity index (χ3n) is 4.77. The molecule has 2 atom stereocenters. The van der Waals surface area contributed by atoms with Gasteiger partial charge in [0.2, 0.25) is 11.8 Å². The number of carboxylic acid groups (broad SMARTS) is 1. The first-order valence-electron chi connectivity index (χ1n) is 10.9. The number of amides is 3. The average Bonchev–Trinajstić information content (AvgIpc) is 2.76. The zero-order valence-electron chi connectivity index (χ0n) is 19.5. The number of nitrogens with two attached hydrogens (primary N) is 1. The summed E-state index contributed by atoms with van der Waals surface area (Å²) in [5.74, 6) is -1.01. The van der Waals surface area contributed by atoms with Crippen LogP contribution >= 0.6 is 15.9 Å². The third kappa shape index (κ3) is 10.1. The quantitative estimate of drug-likeness (QED) is 0.268. The van der Waals surface area contributed by atoms with E-state index < -0.39 is 30.4 Å². The second kappa shape index (κ2) is 14.8. The molecule has 1 aromatic carbocycles. The summed E-state index contributed by atoms with van der Waals surface area (Å²) in [6.45, 7) is 8.17. The van der Waals surface area contributed by atoms with Crippen LogP contribution < -0.4 is 16.4 Å². The molecule has 0 aliphatic carbocycles. The standard InChI is InChI=1S/C22H35BrN4O6/c1-5-32-19(33-6-2)13-27(14(3)4)21(29)17(11-15-7-9-16(23)10-8-15)25-20(28)18(12-24)26-22(30)31/h7-10,14,17-19,26H,5-6,11-13,24H2,1-4H3,(H,25,28)(H,30,31). The molecule has 0 spiro atoms. The molecule has 0 saturated carbocycles. The van der Waals surface area contributed by atoms with Crippen LogP contribution in [0.15, 0.2) is 28.7 Å². The molecule has 0 aliphatic rings. The summed E-state index contributed by atoms with van der Waals surface area (Å²) < 4.78 is 12.1. The van der Waals surface area contributed by atoms with Crippen LogP contribution in [0.1, 0.15) is 33.3 Å². The highest BCUT2D eigenvalue weighted by Gasteiger charge is 2.32. The highest BCUT2D eigenvalue weighted by atomic mass is 79.9. The van der Waals surface area contributed by atoms with Gasteiger partial charge in [0.1, 0.15) is 12.1 Å². The van der Waals surface area contributed by atoms with Crippen molar-refractivity contribution < 1.29 is 29.0 Å². The summed E-state index contributed by atoms with van der Waals surface area (Å²) in [5, 5.41) is 13.7. The molecule has 3 amide bonds. The van der Waals surface area contributed by atoms with Crippen LogP contribution in [0.25, 0.3) is 0 Å². The first-order chi connectivity index (χ1) is 15.6. The van der Waals surface area contributed by atoms with Crippen LogP contribution in [0.5, 0.6) is 0 Å². The number of ether oxygens (including phenoxy) is 2. The van der Waals surface area contributed by atoms with Crippen molar-refractivity contribution in [3.8, 4) is 0 Å². The van der Waals surface area contributed by atoms with Crippen molar-refractivity contribution in [2.75, 3.05) is 26.3 Å². The molecule has 33 heavy (non-hydrogen) atoms. The smallest absolute Gasteiger partial charge is 0.405 e. The van der Waals surface area contributed by atoms with Crippen LogP contribution in [-0.4, -0.2) is 78.6 Å². The van der Waals surface area contributed by atoms with Gasteiger partial charge < -0.3 is 35.8 Å². The van der Waals surface area contributed by atoms with E-state index in [-0.39, 0.29) is 31.5 Å². The summed E-state index contributed by atoms with van der Waals surface area (Å²) in [5.41, 5.74) is 6.38. The molecule has 0 radical (unpaired) electrons. The van der Waals surface area contributed by atoms with E-state index in [9.17, 15) is 14.4 Å². The van der Waals surface area contributed by atoms with Gasteiger partial charge in [-0.2, -0.15) is 0 Å². The van der Waals surface area contributed by atoms with Crippen LogP contribution in [0.3, 0.4) is 0 Å². The Bertz CT molecular complexity index is 756. The van der Waals surface area contributed by atoms with Crippen molar-refractivity contribution in [2.45, 2.75) is 58.5 Å². The van der Waals surface area contributed by atoms with Gasteiger partial charge in [0.05, 0.1) is 6.54 Å². The van der Waals surface area contributed by atoms with E-state index in [0.29, 0.717) is 13.2 Å². The van der Waals surface area contributed by atoms with Crippen LogP contribution in [-0.2, 0) is 25.5 Å². The Balaban J connectivity index is 3.18. The second-order valence-corrected chi connectivity index (χ2v) is 8.47. The zero-order chi connectivity index (χ0) is 25.0. The molecule has 0 aromatic heterocycles. The molecule has 11 heteroatoms. The molecule has 186 valence electrons. The Kier molecular flexibility index (Phi) is 13.0. The topological polar surface area (TPSA) is 143 Å². The van der Waals surface area contributed by atoms with Crippen molar-refractivity contribution >= 4 is 33.8 Å². The van der Waals surface area contributed by atoms with Crippen molar-refractivity contribution in [1.29, 1.82) is 0 Å². The van der Waals surface area contributed by atoms with Crippen LogP contribution in [0, 0.1) is 0 Å². The number of carbonyl (C=O) groups is 3. The van der Waals surface area contributed by atoms with Crippen molar-refractivity contribution in [1.82, 2.24) is 15.5 Å². The van der Waals surface area contributed by atoms with Crippen LogP contribution in [0.4, 0.5) is 4.79 Å². The lowest BCUT2D eigenvalue weighted by atomic mass is 10.0. The number of rotatable bonds is 14. The van der Waals surface area contributed by atoms with Crippen LogP contribution in [0.2, 0.25) is 0 Å². The maximum atomic E-state index is 13.6. The summed E-state index contributed by atoms with van der Waals surface area (Å²) in [6, 6.07) is 5.03. The Hall–Kier alpha value is -2.21. The van der Waals surface area contributed by atoms with Gasteiger partial charge in [-0.1, -0.05) is 28.1 Å². The van der Waals surface area contributed by atoms with E-state index >= 15 is 0 Å². The van der Waals surface area contributed by atoms with Gasteiger partial charge >= 0.3 is 6.09 Å².